The third-order valence-electron chi connectivity index (χ3n) is 3.34. The summed E-state index contributed by atoms with van der Waals surface area (Å²) in [7, 11) is 0. The molecule has 3 atom stereocenters. The number of anilines is 1. The van der Waals surface area contributed by atoms with E-state index in [9.17, 15) is 10.1 Å². The van der Waals surface area contributed by atoms with Crippen molar-refractivity contribution in [1.29, 1.82) is 0 Å². The number of hydrogen-bond donors (Lipinski definition) is 2. The maximum absolute atomic E-state index is 10.7. The van der Waals surface area contributed by atoms with E-state index in [1.807, 2.05) is 6.92 Å². The molecule has 1 heterocycles. The number of pyridine rings is 1. The summed E-state index contributed by atoms with van der Waals surface area (Å²) in [6.07, 6.45) is 2.16. The van der Waals surface area contributed by atoms with Gasteiger partial charge in [0.2, 0.25) is 0 Å². The van der Waals surface area contributed by atoms with Crippen LogP contribution in [0.3, 0.4) is 0 Å². The maximum Gasteiger partial charge on any atom is 0.290 e. The summed E-state index contributed by atoms with van der Waals surface area (Å²) in [6, 6.07) is 1.69. The van der Waals surface area contributed by atoms with Crippen LogP contribution in [0, 0.1) is 17.0 Å². The second kappa shape index (κ2) is 5.50. The zero-order valence-electron chi connectivity index (χ0n) is 11.0. The van der Waals surface area contributed by atoms with Crippen molar-refractivity contribution in [2.45, 2.75) is 38.5 Å². The molecule has 2 rings (SSSR count). The van der Waals surface area contributed by atoms with Crippen LogP contribution in [0.1, 0.15) is 18.9 Å². The molecular formula is C12H18N4O3. The summed E-state index contributed by atoms with van der Waals surface area (Å²) in [6.45, 7) is 4.27. The van der Waals surface area contributed by atoms with E-state index in [1.165, 1.54) is 6.20 Å². The van der Waals surface area contributed by atoms with Gasteiger partial charge in [0.15, 0.2) is 0 Å². The van der Waals surface area contributed by atoms with Crippen LogP contribution in [0.4, 0.5) is 11.5 Å². The van der Waals surface area contributed by atoms with E-state index in [0.29, 0.717) is 18.0 Å². The molecule has 0 aromatic carbocycles. The molecule has 0 radical (unpaired) electrons. The number of nitrogens with zero attached hydrogens (tertiary/aromatic N) is 2. The highest BCUT2D eigenvalue weighted by molar-refractivity contribution is 5.48. The Labute approximate surface area is 111 Å². The highest BCUT2D eigenvalue weighted by Crippen LogP contribution is 2.27. The SMILES string of the molecule is CCOC1CC(N)C1Nc1cc(C)c([N+](=O)[O-])cn1. The molecule has 7 heteroatoms. The molecule has 0 spiro atoms. The van der Waals surface area contributed by atoms with E-state index < -0.39 is 4.92 Å². The van der Waals surface area contributed by atoms with Gasteiger partial charge in [0.05, 0.1) is 17.1 Å². The quantitative estimate of drug-likeness (QED) is 0.613. The summed E-state index contributed by atoms with van der Waals surface area (Å²) in [5.74, 6) is 0.591. The average molecular weight is 266 g/mol. The molecular weight excluding hydrogens is 248 g/mol. The van der Waals surface area contributed by atoms with Crippen molar-refractivity contribution in [2.24, 2.45) is 5.73 Å². The minimum Gasteiger partial charge on any atom is -0.376 e. The molecule has 1 aromatic rings. The molecule has 0 saturated heterocycles. The van der Waals surface area contributed by atoms with Crippen LogP contribution in [0.25, 0.3) is 0 Å². The molecule has 3 N–H and O–H groups in total. The number of aromatic nitrogens is 1. The van der Waals surface area contributed by atoms with E-state index in [4.69, 9.17) is 10.5 Å². The Morgan fingerprint density at radius 2 is 2.42 bits per heavy atom. The van der Waals surface area contributed by atoms with E-state index in [2.05, 4.69) is 10.3 Å². The Balaban J connectivity index is 2.07. The van der Waals surface area contributed by atoms with Crippen LogP contribution in [0.2, 0.25) is 0 Å². The number of hydrogen-bond acceptors (Lipinski definition) is 6. The summed E-state index contributed by atoms with van der Waals surface area (Å²) < 4.78 is 5.55. The summed E-state index contributed by atoms with van der Waals surface area (Å²) in [4.78, 5) is 14.3. The first-order valence-electron chi connectivity index (χ1n) is 6.27. The minimum absolute atomic E-state index is 0.00769. The number of aryl methyl sites for hydroxylation is 1. The van der Waals surface area contributed by atoms with Crippen LogP contribution >= 0.6 is 0 Å². The average Bonchev–Trinajstić information content (AvgIpc) is 2.35. The molecule has 1 aromatic heterocycles. The van der Waals surface area contributed by atoms with Gasteiger partial charge in [-0.25, -0.2) is 4.98 Å². The predicted octanol–water partition coefficient (Wildman–Crippen LogP) is 1.21. The van der Waals surface area contributed by atoms with Crippen molar-refractivity contribution in [2.75, 3.05) is 11.9 Å². The van der Waals surface area contributed by atoms with Crippen LogP contribution < -0.4 is 11.1 Å². The first kappa shape index (κ1) is 13.7. The molecule has 3 unspecified atom stereocenters. The van der Waals surface area contributed by atoms with Crippen molar-refractivity contribution >= 4 is 11.5 Å². The Morgan fingerprint density at radius 3 is 2.95 bits per heavy atom. The molecule has 1 aliphatic rings. The zero-order chi connectivity index (χ0) is 14.0. The van der Waals surface area contributed by atoms with Gasteiger partial charge in [0, 0.05) is 18.2 Å². The van der Waals surface area contributed by atoms with Gasteiger partial charge in [0.25, 0.3) is 5.69 Å². The van der Waals surface area contributed by atoms with Gasteiger partial charge in [-0.3, -0.25) is 10.1 Å². The van der Waals surface area contributed by atoms with Crippen LogP contribution in [0.5, 0.6) is 0 Å². The molecule has 0 aliphatic heterocycles. The zero-order valence-corrected chi connectivity index (χ0v) is 11.0. The second-order valence-electron chi connectivity index (χ2n) is 4.68. The van der Waals surface area contributed by atoms with E-state index in [0.717, 1.165) is 6.42 Å². The summed E-state index contributed by atoms with van der Waals surface area (Å²) in [5, 5.41) is 13.9. The highest BCUT2D eigenvalue weighted by Gasteiger charge is 2.39. The van der Waals surface area contributed by atoms with Gasteiger partial charge in [0.1, 0.15) is 12.0 Å². The molecule has 19 heavy (non-hydrogen) atoms. The Bertz CT molecular complexity index is 478. The maximum atomic E-state index is 10.7. The fourth-order valence-corrected chi connectivity index (χ4v) is 2.22. The largest absolute Gasteiger partial charge is 0.376 e. The Kier molecular flexibility index (Phi) is 3.96. The van der Waals surface area contributed by atoms with Crippen molar-refractivity contribution in [3.63, 3.8) is 0 Å². The highest BCUT2D eigenvalue weighted by atomic mass is 16.6. The van der Waals surface area contributed by atoms with Gasteiger partial charge < -0.3 is 15.8 Å². The number of nitro groups is 1. The first-order valence-corrected chi connectivity index (χ1v) is 6.27. The Morgan fingerprint density at radius 1 is 1.68 bits per heavy atom. The minimum atomic E-state index is -0.440. The lowest BCUT2D eigenvalue weighted by Crippen LogP contribution is -2.60. The Hall–Kier alpha value is -1.73. The lowest BCUT2D eigenvalue weighted by molar-refractivity contribution is -0.385. The van der Waals surface area contributed by atoms with Crippen LogP contribution in [0.15, 0.2) is 12.3 Å². The topological polar surface area (TPSA) is 103 Å². The molecule has 0 bridgehead atoms. The molecule has 7 nitrogen and oxygen atoms in total. The molecule has 0 amide bonds. The third kappa shape index (κ3) is 2.82. The van der Waals surface area contributed by atoms with Crippen LogP contribution in [-0.4, -0.2) is 34.7 Å². The predicted molar refractivity (Wildman–Crippen MR) is 71.0 cm³/mol. The fourth-order valence-electron chi connectivity index (χ4n) is 2.22. The number of nitrogens with two attached hydrogens (primary N) is 1. The summed E-state index contributed by atoms with van der Waals surface area (Å²) >= 11 is 0. The lowest BCUT2D eigenvalue weighted by atomic mass is 9.83. The lowest BCUT2D eigenvalue weighted by Gasteiger charge is -2.42. The fraction of sp³-hybridized carbons (Fsp3) is 0.583. The number of nitrogens with one attached hydrogen (secondary N) is 1. The number of ether oxygens (including phenoxy) is 1. The smallest absolute Gasteiger partial charge is 0.290 e. The van der Waals surface area contributed by atoms with E-state index in [1.54, 1.807) is 13.0 Å². The van der Waals surface area contributed by atoms with Crippen molar-refractivity contribution in [1.82, 2.24) is 4.98 Å². The second-order valence-corrected chi connectivity index (χ2v) is 4.68. The van der Waals surface area contributed by atoms with Crippen LogP contribution in [-0.2, 0) is 4.74 Å². The van der Waals surface area contributed by atoms with Crippen molar-refractivity contribution in [3.8, 4) is 0 Å². The molecule has 1 aliphatic carbocycles. The van der Waals surface area contributed by atoms with E-state index in [-0.39, 0.29) is 23.9 Å². The van der Waals surface area contributed by atoms with Crippen molar-refractivity contribution in [3.05, 3.63) is 27.9 Å². The first-order chi connectivity index (χ1) is 9.02. The molecule has 104 valence electrons. The van der Waals surface area contributed by atoms with Gasteiger partial charge >= 0.3 is 0 Å². The monoisotopic (exact) mass is 266 g/mol. The summed E-state index contributed by atoms with van der Waals surface area (Å²) in [5.41, 5.74) is 6.52. The molecule has 1 fully saturated rings. The third-order valence-corrected chi connectivity index (χ3v) is 3.34. The van der Waals surface area contributed by atoms with Gasteiger partial charge in [-0.15, -0.1) is 0 Å². The van der Waals surface area contributed by atoms with Gasteiger partial charge in [-0.05, 0) is 26.3 Å². The van der Waals surface area contributed by atoms with E-state index >= 15 is 0 Å². The molecule has 1 saturated carbocycles. The van der Waals surface area contributed by atoms with Gasteiger partial charge in [-0.1, -0.05) is 0 Å². The van der Waals surface area contributed by atoms with Gasteiger partial charge in [-0.2, -0.15) is 0 Å². The number of rotatable bonds is 5. The van der Waals surface area contributed by atoms with Crippen molar-refractivity contribution < 1.29 is 9.66 Å². The normalized spacial score (nSPS) is 25.7. The standard InChI is InChI=1S/C12H18N4O3/c1-3-19-10-5-8(13)12(10)15-11-4-7(2)9(6-14-11)16(17)18/h4,6,8,10,12H,3,5,13H2,1-2H3,(H,14,15).